The Morgan fingerprint density at radius 1 is 1.13 bits per heavy atom. The van der Waals surface area contributed by atoms with Gasteiger partial charge < -0.3 is 9.42 Å². The lowest BCUT2D eigenvalue weighted by Crippen LogP contribution is -2.46. The number of benzene rings is 1. The lowest BCUT2D eigenvalue weighted by Gasteiger charge is -2.36. The molecule has 0 N–H and O–H groups in total. The lowest BCUT2D eigenvalue weighted by atomic mass is 10.1. The number of hydrogen-bond acceptors (Lipinski definition) is 5. The van der Waals surface area contributed by atoms with Crippen LogP contribution in [0.2, 0.25) is 0 Å². The molecule has 2 fully saturated rings. The monoisotopic (exact) mass is 312 g/mol. The minimum Gasteiger partial charge on any atom is -0.369 e. The average Bonchev–Trinajstić information content (AvgIpc) is 3.31. The number of aromatic nitrogens is 2. The van der Waals surface area contributed by atoms with Gasteiger partial charge in [0.15, 0.2) is 5.82 Å². The van der Waals surface area contributed by atoms with Crippen LogP contribution >= 0.6 is 0 Å². The van der Waals surface area contributed by atoms with Gasteiger partial charge in [0.05, 0.1) is 6.54 Å². The van der Waals surface area contributed by atoms with Crippen LogP contribution in [0, 0.1) is 13.8 Å². The first-order valence-electron chi connectivity index (χ1n) is 8.57. The van der Waals surface area contributed by atoms with Crippen molar-refractivity contribution >= 4 is 5.69 Å². The van der Waals surface area contributed by atoms with Crippen molar-refractivity contribution in [1.29, 1.82) is 0 Å². The fourth-order valence-corrected chi connectivity index (χ4v) is 3.25. The Morgan fingerprint density at radius 2 is 1.91 bits per heavy atom. The lowest BCUT2D eigenvalue weighted by molar-refractivity contribution is 0.240. The molecule has 122 valence electrons. The van der Waals surface area contributed by atoms with E-state index in [1.54, 1.807) is 0 Å². The predicted octanol–water partition coefficient (Wildman–Crippen LogP) is 2.89. The molecule has 5 nitrogen and oxygen atoms in total. The molecule has 1 aliphatic heterocycles. The molecule has 1 aromatic heterocycles. The van der Waals surface area contributed by atoms with E-state index in [0.29, 0.717) is 5.92 Å². The maximum absolute atomic E-state index is 5.35. The zero-order valence-corrected chi connectivity index (χ0v) is 14.0. The Balaban J connectivity index is 1.35. The smallest absolute Gasteiger partial charge is 0.229 e. The van der Waals surface area contributed by atoms with Crippen molar-refractivity contribution in [2.45, 2.75) is 39.2 Å². The predicted molar refractivity (Wildman–Crippen MR) is 89.7 cm³/mol. The molecular weight excluding hydrogens is 288 g/mol. The van der Waals surface area contributed by atoms with E-state index in [0.717, 1.165) is 44.4 Å². The molecule has 0 spiro atoms. The average molecular weight is 312 g/mol. The molecular formula is C18H24N4O. The van der Waals surface area contributed by atoms with Crippen LogP contribution in [0.5, 0.6) is 0 Å². The topological polar surface area (TPSA) is 45.4 Å². The summed E-state index contributed by atoms with van der Waals surface area (Å²) in [6, 6.07) is 6.57. The zero-order chi connectivity index (χ0) is 15.8. The van der Waals surface area contributed by atoms with E-state index in [1.807, 2.05) is 0 Å². The summed E-state index contributed by atoms with van der Waals surface area (Å²) in [5.74, 6) is 2.22. The van der Waals surface area contributed by atoms with Crippen molar-refractivity contribution in [2.24, 2.45) is 0 Å². The molecule has 1 saturated heterocycles. The number of hydrogen-bond donors (Lipinski definition) is 0. The summed E-state index contributed by atoms with van der Waals surface area (Å²) in [6.45, 7) is 9.39. The van der Waals surface area contributed by atoms with Gasteiger partial charge in [-0.2, -0.15) is 4.98 Å². The zero-order valence-electron chi connectivity index (χ0n) is 14.0. The Kier molecular flexibility index (Phi) is 3.81. The molecule has 0 unspecified atom stereocenters. The van der Waals surface area contributed by atoms with Gasteiger partial charge in [0.2, 0.25) is 5.89 Å². The fraction of sp³-hybridized carbons (Fsp3) is 0.556. The van der Waals surface area contributed by atoms with E-state index in [-0.39, 0.29) is 0 Å². The van der Waals surface area contributed by atoms with Crippen molar-refractivity contribution in [3.8, 4) is 0 Å². The molecule has 23 heavy (non-hydrogen) atoms. The first kappa shape index (κ1) is 14.7. The maximum Gasteiger partial charge on any atom is 0.229 e. The van der Waals surface area contributed by atoms with Crippen LogP contribution in [0.3, 0.4) is 0 Å². The highest BCUT2D eigenvalue weighted by molar-refractivity contribution is 5.56. The van der Waals surface area contributed by atoms with Gasteiger partial charge in [0, 0.05) is 37.8 Å². The van der Waals surface area contributed by atoms with Crippen LogP contribution in [0.15, 0.2) is 22.7 Å². The normalized spacial score (nSPS) is 19.3. The Labute approximate surface area is 137 Å². The summed E-state index contributed by atoms with van der Waals surface area (Å²) in [6.07, 6.45) is 2.41. The molecule has 1 saturated carbocycles. The summed E-state index contributed by atoms with van der Waals surface area (Å²) >= 11 is 0. The molecule has 1 aromatic carbocycles. The Bertz CT molecular complexity index is 684. The molecule has 0 amide bonds. The molecule has 5 heteroatoms. The van der Waals surface area contributed by atoms with Crippen LogP contribution in [-0.4, -0.2) is 41.2 Å². The van der Waals surface area contributed by atoms with Gasteiger partial charge in [0.1, 0.15) is 0 Å². The molecule has 2 aliphatic rings. The highest BCUT2D eigenvalue weighted by Crippen LogP contribution is 2.38. The van der Waals surface area contributed by atoms with Crippen molar-refractivity contribution in [3.63, 3.8) is 0 Å². The third-order valence-corrected chi connectivity index (χ3v) is 5.06. The first-order chi connectivity index (χ1) is 11.2. The highest BCUT2D eigenvalue weighted by Gasteiger charge is 2.30. The summed E-state index contributed by atoms with van der Waals surface area (Å²) in [4.78, 5) is 9.45. The third-order valence-electron chi connectivity index (χ3n) is 5.06. The van der Waals surface area contributed by atoms with E-state index in [2.05, 4.69) is 52.0 Å². The van der Waals surface area contributed by atoms with Crippen molar-refractivity contribution in [3.05, 3.63) is 41.0 Å². The van der Waals surface area contributed by atoms with Gasteiger partial charge in [-0.1, -0.05) is 17.3 Å². The number of nitrogens with zero attached hydrogens (tertiary/aromatic N) is 4. The van der Waals surface area contributed by atoms with Gasteiger partial charge in [-0.25, -0.2) is 0 Å². The van der Waals surface area contributed by atoms with E-state index in [9.17, 15) is 0 Å². The minimum absolute atomic E-state index is 0.539. The van der Waals surface area contributed by atoms with Gasteiger partial charge in [-0.05, 0) is 43.9 Å². The van der Waals surface area contributed by atoms with Crippen molar-refractivity contribution in [1.82, 2.24) is 15.0 Å². The number of rotatable bonds is 4. The molecule has 4 rings (SSSR count). The summed E-state index contributed by atoms with van der Waals surface area (Å²) in [5, 5.41) is 4.13. The summed E-state index contributed by atoms with van der Waals surface area (Å²) in [5.41, 5.74) is 4.14. The summed E-state index contributed by atoms with van der Waals surface area (Å²) in [7, 11) is 0. The van der Waals surface area contributed by atoms with Gasteiger partial charge in [-0.15, -0.1) is 0 Å². The quantitative estimate of drug-likeness (QED) is 0.868. The maximum atomic E-state index is 5.35. The van der Waals surface area contributed by atoms with Crippen LogP contribution < -0.4 is 4.90 Å². The largest absolute Gasteiger partial charge is 0.369 e. The first-order valence-corrected chi connectivity index (χ1v) is 8.57. The molecule has 2 heterocycles. The molecule has 1 aliphatic carbocycles. The molecule has 0 bridgehead atoms. The van der Waals surface area contributed by atoms with Crippen molar-refractivity contribution in [2.75, 3.05) is 31.1 Å². The van der Waals surface area contributed by atoms with Crippen LogP contribution in [0.25, 0.3) is 0 Å². The third kappa shape index (κ3) is 3.11. The van der Waals surface area contributed by atoms with Crippen LogP contribution in [0.4, 0.5) is 5.69 Å². The van der Waals surface area contributed by atoms with Crippen LogP contribution in [-0.2, 0) is 6.54 Å². The Hall–Kier alpha value is -1.88. The highest BCUT2D eigenvalue weighted by atomic mass is 16.5. The number of aryl methyl sites for hydroxylation is 1. The molecule has 0 atom stereocenters. The van der Waals surface area contributed by atoms with Gasteiger partial charge in [0.25, 0.3) is 0 Å². The Morgan fingerprint density at radius 3 is 2.65 bits per heavy atom. The van der Waals surface area contributed by atoms with E-state index in [1.165, 1.54) is 29.7 Å². The second-order valence-electron chi connectivity index (χ2n) is 6.81. The van der Waals surface area contributed by atoms with Gasteiger partial charge in [-0.3, -0.25) is 4.90 Å². The van der Waals surface area contributed by atoms with E-state index in [4.69, 9.17) is 4.52 Å². The SMILES string of the molecule is Cc1cccc(N2CCN(Cc3noc(C4CC4)n3)CC2)c1C. The van der Waals surface area contributed by atoms with Crippen LogP contribution in [0.1, 0.15) is 41.6 Å². The van der Waals surface area contributed by atoms with Crippen molar-refractivity contribution < 1.29 is 4.52 Å². The number of piperazine rings is 1. The standard InChI is InChI=1S/C18H24N4O/c1-13-4-3-5-16(14(13)2)22-10-8-21(9-11-22)12-17-19-18(23-20-17)15-6-7-15/h3-5,15H,6-12H2,1-2H3. The molecule has 0 radical (unpaired) electrons. The second kappa shape index (κ2) is 5.96. The second-order valence-corrected chi connectivity index (χ2v) is 6.81. The van der Waals surface area contributed by atoms with E-state index >= 15 is 0 Å². The fourth-order valence-electron chi connectivity index (χ4n) is 3.25. The molecule has 2 aromatic rings. The van der Waals surface area contributed by atoms with E-state index < -0.39 is 0 Å². The number of anilines is 1. The van der Waals surface area contributed by atoms with Gasteiger partial charge >= 0.3 is 0 Å². The minimum atomic E-state index is 0.539. The summed E-state index contributed by atoms with van der Waals surface area (Å²) < 4.78 is 5.35.